The second-order valence-corrected chi connectivity index (χ2v) is 12.0. The minimum absolute atomic E-state index is 0.427. The Morgan fingerprint density at radius 2 is 0.742 bits per heavy atom. The summed E-state index contributed by atoms with van der Waals surface area (Å²) in [4.78, 5) is 0. The minimum atomic E-state index is -0.826. The normalized spacial score (nSPS) is 13.7. The van der Waals surface area contributed by atoms with Crippen LogP contribution in [-0.2, 0) is 20.8 Å². The van der Waals surface area contributed by atoms with Gasteiger partial charge in [-0.05, 0) is 50.4 Å². The Bertz CT molecular complexity index is 1050. The first-order valence-corrected chi connectivity index (χ1v) is 16.9. The molecule has 0 saturated heterocycles. The quantitative estimate of drug-likeness (QED) is 0.248. The van der Waals surface area contributed by atoms with Crippen molar-refractivity contribution >= 4 is 17.0 Å². The van der Waals surface area contributed by atoms with Gasteiger partial charge in [0.15, 0.2) is 0 Å². The summed E-state index contributed by atoms with van der Waals surface area (Å²) in [7, 11) is 9.87. The average Bonchev–Trinajstić information content (AvgIpc) is 3.33. The van der Waals surface area contributed by atoms with Crippen molar-refractivity contribution in [2.75, 3.05) is 0 Å². The summed E-state index contributed by atoms with van der Waals surface area (Å²) in [6.45, 7) is 2.45. The number of benzene rings is 4. The van der Waals surface area contributed by atoms with Gasteiger partial charge in [0.1, 0.15) is 0 Å². The van der Waals surface area contributed by atoms with Gasteiger partial charge in [0.2, 0.25) is 0 Å². The summed E-state index contributed by atoms with van der Waals surface area (Å²) in [5, 5.41) is 0. The fourth-order valence-corrected chi connectivity index (χ4v) is 5.71. The first-order chi connectivity index (χ1) is 15.3. The van der Waals surface area contributed by atoms with Crippen LogP contribution in [0.3, 0.4) is 0 Å². The van der Waals surface area contributed by atoms with Crippen molar-refractivity contribution in [1.29, 1.82) is 0 Å². The van der Waals surface area contributed by atoms with Crippen LogP contribution >= 0.6 is 17.0 Å². The second kappa shape index (κ2) is 9.07. The Morgan fingerprint density at radius 3 is 1.00 bits per heavy atom. The number of halogens is 2. The molecule has 0 fully saturated rings. The third-order valence-corrected chi connectivity index (χ3v) is 6.82. The van der Waals surface area contributed by atoms with E-state index in [9.17, 15) is 0 Å². The summed E-state index contributed by atoms with van der Waals surface area (Å²) < 4.78 is 0. The molecule has 2 aliphatic carbocycles. The fraction of sp³-hybridized carbons (Fsp3) is 0.143. The molecular formula is C28H22Cl2Zr. The van der Waals surface area contributed by atoms with Crippen molar-refractivity contribution in [2.45, 2.75) is 18.8 Å². The van der Waals surface area contributed by atoms with Crippen molar-refractivity contribution in [1.82, 2.24) is 0 Å². The maximum absolute atomic E-state index is 4.93. The molecule has 3 heteroatoms. The molecule has 0 N–H and O–H groups in total. The molecule has 152 valence electrons. The molecule has 2 aliphatic rings. The molecule has 31 heavy (non-hydrogen) atoms. The van der Waals surface area contributed by atoms with Gasteiger partial charge in [0, 0.05) is 11.8 Å². The third kappa shape index (κ3) is 3.56. The molecule has 0 amide bonds. The van der Waals surface area contributed by atoms with E-state index in [1.807, 2.05) is 0 Å². The fourth-order valence-electron chi connectivity index (χ4n) is 5.71. The summed E-state index contributed by atoms with van der Waals surface area (Å²) >= 11 is -0.826. The molecule has 6 rings (SSSR count). The van der Waals surface area contributed by atoms with Crippen LogP contribution in [0.25, 0.3) is 22.3 Å². The van der Waals surface area contributed by atoms with Crippen LogP contribution in [0.15, 0.2) is 97.1 Å². The van der Waals surface area contributed by atoms with Gasteiger partial charge in [-0.25, -0.2) is 0 Å². The van der Waals surface area contributed by atoms with E-state index in [1.165, 1.54) is 44.5 Å². The number of rotatable bonds is 2. The molecule has 0 saturated carbocycles. The Balaban J connectivity index is 0.000000646. The van der Waals surface area contributed by atoms with Crippen molar-refractivity contribution in [3.8, 4) is 22.3 Å². The van der Waals surface area contributed by atoms with Gasteiger partial charge in [-0.3, -0.25) is 0 Å². The van der Waals surface area contributed by atoms with Gasteiger partial charge in [-0.2, -0.15) is 0 Å². The van der Waals surface area contributed by atoms with Gasteiger partial charge in [0.25, 0.3) is 0 Å². The van der Waals surface area contributed by atoms with Gasteiger partial charge in [-0.15, -0.1) is 0 Å². The molecule has 0 bridgehead atoms. The first kappa shape index (κ1) is 21.2. The molecule has 0 aromatic heterocycles. The molecule has 0 unspecified atom stereocenters. The standard InChI is InChI=1S/C28H22.2ClH.Zr/c1-18(27-23-14-6-2-10-19(23)20-11-3-7-15-24(20)27)28-25-16-8-4-12-21(25)22-13-5-9-17-26(22)28;;;/h2-18,27-28H,1H3;2*1H;/q;;;+2/p-2. The Kier molecular flexibility index (Phi) is 6.20. The molecule has 0 spiro atoms. The monoisotopic (exact) mass is 518 g/mol. The first-order valence-electron chi connectivity index (χ1n) is 10.6. The van der Waals surface area contributed by atoms with Crippen LogP contribution in [0.2, 0.25) is 0 Å². The molecule has 0 radical (unpaired) electrons. The molecule has 0 nitrogen and oxygen atoms in total. The zero-order valence-electron chi connectivity index (χ0n) is 17.2. The molecule has 0 heterocycles. The van der Waals surface area contributed by atoms with Crippen LogP contribution in [0, 0.1) is 5.92 Å². The zero-order valence-corrected chi connectivity index (χ0v) is 21.2. The van der Waals surface area contributed by atoms with Gasteiger partial charge >= 0.3 is 37.9 Å². The van der Waals surface area contributed by atoms with Crippen molar-refractivity contribution in [2.24, 2.45) is 5.92 Å². The average molecular weight is 521 g/mol. The summed E-state index contributed by atoms with van der Waals surface area (Å²) in [5.41, 5.74) is 11.6. The molecular weight excluding hydrogens is 498 g/mol. The van der Waals surface area contributed by atoms with E-state index in [0.717, 1.165) is 0 Å². The Morgan fingerprint density at radius 1 is 0.516 bits per heavy atom. The van der Waals surface area contributed by atoms with E-state index >= 15 is 0 Å². The van der Waals surface area contributed by atoms with E-state index in [1.54, 1.807) is 0 Å². The predicted octanol–water partition coefficient (Wildman–Crippen LogP) is 8.62. The SMILES string of the molecule is CC(C1c2ccccc2-c2ccccc21)C1c2ccccc2-c2ccccc21.[Cl][Zr][Cl]. The molecule has 0 aliphatic heterocycles. The summed E-state index contributed by atoms with van der Waals surface area (Å²) in [5.74, 6) is 1.34. The van der Waals surface area contributed by atoms with Gasteiger partial charge in [-0.1, -0.05) is 104 Å². The van der Waals surface area contributed by atoms with Crippen molar-refractivity contribution in [3.05, 3.63) is 119 Å². The Hall–Kier alpha value is -1.66. The number of hydrogen-bond acceptors (Lipinski definition) is 0. The van der Waals surface area contributed by atoms with E-state index in [-0.39, 0.29) is 0 Å². The van der Waals surface area contributed by atoms with E-state index < -0.39 is 20.8 Å². The molecule has 4 aromatic rings. The second-order valence-electron chi connectivity index (χ2n) is 8.23. The van der Waals surface area contributed by atoms with E-state index in [4.69, 9.17) is 17.0 Å². The Labute approximate surface area is 202 Å². The van der Waals surface area contributed by atoms with Crippen molar-refractivity contribution < 1.29 is 20.8 Å². The van der Waals surface area contributed by atoms with Crippen molar-refractivity contribution in [3.63, 3.8) is 0 Å². The molecule has 4 aromatic carbocycles. The van der Waals surface area contributed by atoms with E-state index in [0.29, 0.717) is 17.8 Å². The summed E-state index contributed by atoms with van der Waals surface area (Å²) in [6, 6.07) is 36.0. The van der Waals surface area contributed by atoms with Crippen LogP contribution < -0.4 is 0 Å². The van der Waals surface area contributed by atoms with Crippen LogP contribution in [-0.4, -0.2) is 0 Å². The van der Waals surface area contributed by atoms with E-state index in [2.05, 4.69) is 104 Å². The zero-order chi connectivity index (χ0) is 21.4. The summed E-state index contributed by atoms with van der Waals surface area (Å²) in [6.07, 6.45) is 0. The topological polar surface area (TPSA) is 0 Å². The third-order valence-electron chi connectivity index (χ3n) is 6.82. The maximum atomic E-state index is 4.93. The molecule has 0 atom stereocenters. The van der Waals surface area contributed by atoms with Crippen LogP contribution in [0.1, 0.15) is 41.0 Å². The van der Waals surface area contributed by atoms with Gasteiger partial charge < -0.3 is 0 Å². The van der Waals surface area contributed by atoms with Gasteiger partial charge in [0.05, 0.1) is 0 Å². The van der Waals surface area contributed by atoms with Crippen LogP contribution in [0.4, 0.5) is 0 Å². The van der Waals surface area contributed by atoms with Crippen LogP contribution in [0.5, 0.6) is 0 Å². The number of fused-ring (bicyclic) bond motifs is 6. The number of hydrogen-bond donors (Lipinski definition) is 0. The predicted molar refractivity (Wildman–Crippen MR) is 128 cm³/mol.